The number of carboxylic acids is 1. The minimum absolute atomic E-state index is 0. The molecular weight excluding hydrogens is 178 g/mol. The van der Waals surface area contributed by atoms with Gasteiger partial charge in [-0.15, -0.1) is 12.4 Å². The van der Waals surface area contributed by atoms with E-state index in [1.807, 2.05) is 0 Å². The van der Waals surface area contributed by atoms with Crippen LogP contribution >= 0.6 is 12.4 Å². The Kier molecular flexibility index (Phi) is 2.13. The van der Waals surface area contributed by atoms with E-state index in [9.17, 15) is 4.79 Å². The normalized spacial score (nSPS) is 44.1. The van der Waals surface area contributed by atoms with E-state index >= 15 is 0 Å². The average Bonchev–Trinajstić information content (AvgIpc) is 1.85. The first kappa shape index (κ1) is 9.81. The van der Waals surface area contributed by atoms with Gasteiger partial charge < -0.3 is 10.4 Å². The molecule has 0 amide bonds. The number of fused-ring (bicyclic) bond motifs is 2. The number of hydrogen-bond donors (Lipinski definition) is 2. The molecule has 3 rings (SSSR count). The first-order chi connectivity index (χ1) is 5.06. The van der Waals surface area contributed by atoms with Gasteiger partial charge in [0.1, 0.15) is 0 Å². The highest BCUT2D eigenvalue weighted by Crippen LogP contribution is 2.56. The van der Waals surface area contributed by atoms with E-state index in [0.29, 0.717) is 6.54 Å². The molecule has 3 fully saturated rings. The van der Waals surface area contributed by atoms with Crippen LogP contribution in [0.4, 0.5) is 0 Å². The predicted octanol–water partition coefficient (Wildman–Crippen LogP) is 0.882. The van der Waals surface area contributed by atoms with Crippen LogP contribution in [-0.4, -0.2) is 24.2 Å². The maximum atomic E-state index is 10.8. The highest BCUT2D eigenvalue weighted by Gasteiger charge is 2.59. The summed E-state index contributed by atoms with van der Waals surface area (Å²) in [6, 6.07) is 0. The summed E-state index contributed by atoms with van der Waals surface area (Å²) in [4.78, 5) is 10.8. The summed E-state index contributed by atoms with van der Waals surface area (Å²) in [6.07, 6.45) is 1.73. The topological polar surface area (TPSA) is 49.3 Å². The van der Waals surface area contributed by atoms with Crippen LogP contribution in [0.1, 0.15) is 19.8 Å². The fourth-order valence-corrected chi connectivity index (χ4v) is 2.66. The fourth-order valence-electron chi connectivity index (χ4n) is 2.66. The lowest BCUT2D eigenvalue weighted by atomic mass is 9.51. The lowest BCUT2D eigenvalue weighted by Crippen LogP contribution is -2.63. The van der Waals surface area contributed by atoms with E-state index in [1.54, 1.807) is 0 Å². The lowest BCUT2D eigenvalue weighted by Gasteiger charge is -2.57. The number of piperidine rings is 2. The van der Waals surface area contributed by atoms with Gasteiger partial charge in [-0.1, -0.05) is 6.92 Å². The van der Waals surface area contributed by atoms with Gasteiger partial charge in [0.25, 0.3) is 0 Å². The molecule has 2 N–H and O–H groups in total. The molecule has 2 heterocycles. The highest BCUT2D eigenvalue weighted by atomic mass is 35.5. The molecule has 0 aromatic heterocycles. The molecule has 0 radical (unpaired) electrons. The smallest absolute Gasteiger partial charge is 0.310 e. The molecule has 0 aromatic rings. The van der Waals surface area contributed by atoms with Gasteiger partial charge in [-0.25, -0.2) is 0 Å². The van der Waals surface area contributed by atoms with E-state index in [2.05, 4.69) is 12.2 Å². The Bertz CT molecular complexity index is 211. The third-order valence-electron chi connectivity index (χ3n) is 3.00. The third kappa shape index (κ3) is 1.12. The summed E-state index contributed by atoms with van der Waals surface area (Å²) in [5.74, 6) is -0.623. The second-order valence-corrected chi connectivity index (χ2v) is 4.35. The van der Waals surface area contributed by atoms with Crippen LogP contribution in [0.5, 0.6) is 0 Å². The number of halogens is 1. The molecule has 3 aliphatic rings. The van der Waals surface area contributed by atoms with Gasteiger partial charge >= 0.3 is 5.97 Å². The Balaban J connectivity index is 0.000000720. The molecule has 2 aliphatic heterocycles. The van der Waals surface area contributed by atoms with E-state index in [1.165, 1.54) is 0 Å². The molecule has 70 valence electrons. The summed E-state index contributed by atoms with van der Waals surface area (Å²) >= 11 is 0. The zero-order valence-corrected chi connectivity index (χ0v) is 7.91. The SMILES string of the molecule is CC12CNCC(C(=O)O)(C1)C2.Cl. The van der Waals surface area contributed by atoms with Crippen molar-refractivity contribution in [3.63, 3.8) is 0 Å². The van der Waals surface area contributed by atoms with Crippen molar-refractivity contribution in [2.75, 3.05) is 13.1 Å². The van der Waals surface area contributed by atoms with Gasteiger partial charge in [0, 0.05) is 13.1 Å². The predicted molar refractivity (Wildman–Crippen MR) is 47.5 cm³/mol. The quantitative estimate of drug-likeness (QED) is 0.647. The number of nitrogens with one attached hydrogen (secondary N) is 1. The first-order valence-corrected chi connectivity index (χ1v) is 4.01. The molecule has 0 unspecified atom stereocenters. The van der Waals surface area contributed by atoms with Gasteiger partial charge in [0.15, 0.2) is 0 Å². The molecule has 3 nitrogen and oxygen atoms in total. The van der Waals surface area contributed by atoms with Crippen LogP contribution in [0.15, 0.2) is 0 Å². The Labute approximate surface area is 77.9 Å². The van der Waals surface area contributed by atoms with Crippen molar-refractivity contribution in [2.45, 2.75) is 19.8 Å². The van der Waals surface area contributed by atoms with E-state index in [4.69, 9.17) is 5.11 Å². The molecule has 2 saturated heterocycles. The molecule has 2 bridgehead atoms. The molecule has 4 heteroatoms. The summed E-state index contributed by atoms with van der Waals surface area (Å²) < 4.78 is 0. The van der Waals surface area contributed by atoms with Crippen molar-refractivity contribution in [1.29, 1.82) is 0 Å². The second-order valence-electron chi connectivity index (χ2n) is 4.35. The van der Waals surface area contributed by atoms with Crippen LogP contribution in [-0.2, 0) is 4.79 Å². The van der Waals surface area contributed by atoms with E-state index in [-0.39, 0.29) is 17.8 Å². The largest absolute Gasteiger partial charge is 0.481 e. The van der Waals surface area contributed by atoms with Crippen LogP contribution in [0.2, 0.25) is 0 Å². The molecule has 0 aromatic carbocycles. The van der Waals surface area contributed by atoms with Gasteiger partial charge in [-0.05, 0) is 18.3 Å². The van der Waals surface area contributed by atoms with Crippen LogP contribution in [0.25, 0.3) is 0 Å². The average molecular weight is 192 g/mol. The molecule has 1 saturated carbocycles. The summed E-state index contributed by atoms with van der Waals surface area (Å²) in [5, 5.41) is 12.1. The second kappa shape index (κ2) is 2.60. The number of aliphatic carboxylic acids is 1. The zero-order chi connectivity index (χ0) is 8.11. The van der Waals surface area contributed by atoms with Crippen molar-refractivity contribution in [3.05, 3.63) is 0 Å². The summed E-state index contributed by atoms with van der Waals surface area (Å²) in [5.41, 5.74) is -0.135. The van der Waals surface area contributed by atoms with Crippen LogP contribution in [0.3, 0.4) is 0 Å². The van der Waals surface area contributed by atoms with Crippen molar-refractivity contribution in [2.24, 2.45) is 10.8 Å². The lowest BCUT2D eigenvalue weighted by molar-refractivity contribution is -0.169. The summed E-state index contributed by atoms with van der Waals surface area (Å²) in [6.45, 7) is 3.81. The number of carboxylic acid groups (broad SMARTS) is 1. The number of hydrogen-bond acceptors (Lipinski definition) is 2. The molecule has 0 atom stereocenters. The zero-order valence-electron chi connectivity index (χ0n) is 7.09. The Morgan fingerprint density at radius 3 is 2.33 bits per heavy atom. The van der Waals surface area contributed by atoms with Gasteiger partial charge in [-0.3, -0.25) is 4.79 Å². The Hall–Kier alpha value is -0.280. The number of carbonyl (C=O) groups is 1. The van der Waals surface area contributed by atoms with Gasteiger partial charge in [0.2, 0.25) is 0 Å². The van der Waals surface area contributed by atoms with E-state index < -0.39 is 11.4 Å². The van der Waals surface area contributed by atoms with Crippen molar-refractivity contribution in [3.8, 4) is 0 Å². The van der Waals surface area contributed by atoms with Crippen molar-refractivity contribution >= 4 is 18.4 Å². The molecule has 0 spiro atoms. The fraction of sp³-hybridized carbons (Fsp3) is 0.875. The minimum atomic E-state index is -0.623. The van der Waals surface area contributed by atoms with Gasteiger partial charge in [-0.2, -0.15) is 0 Å². The van der Waals surface area contributed by atoms with Crippen LogP contribution < -0.4 is 5.32 Å². The van der Waals surface area contributed by atoms with Crippen molar-refractivity contribution in [1.82, 2.24) is 5.32 Å². The third-order valence-corrected chi connectivity index (χ3v) is 3.00. The first-order valence-electron chi connectivity index (χ1n) is 4.01. The maximum absolute atomic E-state index is 10.8. The monoisotopic (exact) mass is 191 g/mol. The molecular formula is C8H14ClNO2. The Morgan fingerprint density at radius 2 is 2.00 bits per heavy atom. The maximum Gasteiger partial charge on any atom is 0.310 e. The molecule has 1 aliphatic carbocycles. The standard InChI is InChI=1S/C8H13NO2.ClH/c1-7-2-8(3-7,6(10)11)5-9-4-7;/h9H,2-5H2,1H3,(H,10,11);1H. The summed E-state index contributed by atoms with van der Waals surface area (Å²) in [7, 11) is 0. The minimum Gasteiger partial charge on any atom is -0.481 e. The van der Waals surface area contributed by atoms with E-state index in [0.717, 1.165) is 19.4 Å². The Morgan fingerprint density at radius 1 is 1.42 bits per heavy atom. The van der Waals surface area contributed by atoms with Gasteiger partial charge in [0.05, 0.1) is 5.41 Å². The highest BCUT2D eigenvalue weighted by molar-refractivity contribution is 5.85. The molecule has 12 heavy (non-hydrogen) atoms. The van der Waals surface area contributed by atoms with Crippen LogP contribution in [0, 0.1) is 10.8 Å². The number of rotatable bonds is 1. The van der Waals surface area contributed by atoms with Crippen molar-refractivity contribution < 1.29 is 9.90 Å².